The number of rotatable bonds is 1. The Morgan fingerprint density at radius 1 is 1.31 bits per heavy atom. The fourth-order valence-electron chi connectivity index (χ4n) is 3.19. The zero-order chi connectivity index (χ0) is 9.00. The van der Waals surface area contributed by atoms with Crippen molar-refractivity contribution in [3.05, 3.63) is 0 Å². The highest BCUT2D eigenvalue weighted by Crippen LogP contribution is 2.50. The molecule has 0 radical (unpaired) electrons. The molecule has 4 atom stereocenters. The van der Waals surface area contributed by atoms with Crippen molar-refractivity contribution in [3.8, 4) is 0 Å². The molecule has 13 heavy (non-hydrogen) atoms. The summed E-state index contributed by atoms with van der Waals surface area (Å²) in [4.78, 5) is 2.74. The minimum atomic E-state index is 0.744. The first-order valence-electron chi connectivity index (χ1n) is 5.73. The molecule has 3 aliphatic rings. The summed E-state index contributed by atoms with van der Waals surface area (Å²) >= 11 is 0. The minimum Gasteiger partial charge on any atom is -0.311 e. The second-order valence-corrected chi connectivity index (χ2v) is 5.44. The van der Waals surface area contributed by atoms with Gasteiger partial charge in [0.05, 0.1) is 0 Å². The molecule has 74 valence electrons. The van der Waals surface area contributed by atoms with Crippen molar-refractivity contribution in [2.75, 3.05) is 19.6 Å². The highest BCUT2D eigenvalue weighted by molar-refractivity contribution is 5.07. The van der Waals surface area contributed by atoms with E-state index in [4.69, 9.17) is 0 Å². The van der Waals surface area contributed by atoms with Gasteiger partial charge in [-0.1, -0.05) is 13.8 Å². The van der Waals surface area contributed by atoms with Crippen LogP contribution in [0, 0.1) is 17.8 Å². The average molecular weight is 180 g/mol. The molecule has 2 nitrogen and oxygen atoms in total. The summed E-state index contributed by atoms with van der Waals surface area (Å²) in [5.41, 5.74) is 0. The topological polar surface area (TPSA) is 15.3 Å². The van der Waals surface area contributed by atoms with Crippen LogP contribution in [0.2, 0.25) is 0 Å². The van der Waals surface area contributed by atoms with Crippen molar-refractivity contribution >= 4 is 0 Å². The SMILES string of the molecule is CC(C)[C@H]1CN2CC3CC3C2CN1. The Morgan fingerprint density at radius 2 is 2.15 bits per heavy atom. The number of hydrogen-bond acceptors (Lipinski definition) is 2. The zero-order valence-corrected chi connectivity index (χ0v) is 8.66. The third kappa shape index (κ3) is 1.23. The van der Waals surface area contributed by atoms with Gasteiger partial charge in [0.25, 0.3) is 0 Å². The van der Waals surface area contributed by atoms with Crippen LogP contribution in [-0.4, -0.2) is 36.6 Å². The summed E-state index contributed by atoms with van der Waals surface area (Å²) < 4.78 is 0. The second kappa shape index (κ2) is 2.71. The Kier molecular flexibility index (Phi) is 1.72. The van der Waals surface area contributed by atoms with Gasteiger partial charge in [0.15, 0.2) is 0 Å². The largest absolute Gasteiger partial charge is 0.311 e. The maximum atomic E-state index is 3.71. The Bertz CT molecular complexity index is 214. The highest BCUT2D eigenvalue weighted by Gasteiger charge is 2.53. The molecule has 0 aromatic carbocycles. The van der Waals surface area contributed by atoms with E-state index in [2.05, 4.69) is 24.1 Å². The van der Waals surface area contributed by atoms with Crippen LogP contribution in [0.5, 0.6) is 0 Å². The molecule has 1 N–H and O–H groups in total. The standard InChI is InChI=1S/C11H20N2/c1-7(2)10-6-13-5-8-3-9(8)11(13)4-12-10/h7-12H,3-6H2,1-2H3/t8?,9?,10-,11?/m1/s1. The van der Waals surface area contributed by atoms with Gasteiger partial charge in [-0.25, -0.2) is 0 Å². The summed E-state index contributed by atoms with van der Waals surface area (Å²) in [6, 6.07) is 1.65. The van der Waals surface area contributed by atoms with E-state index in [9.17, 15) is 0 Å². The number of nitrogens with zero attached hydrogens (tertiary/aromatic N) is 1. The van der Waals surface area contributed by atoms with Gasteiger partial charge in [0.2, 0.25) is 0 Å². The van der Waals surface area contributed by atoms with Crippen molar-refractivity contribution in [2.45, 2.75) is 32.4 Å². The Labute approximate surface area is 80.7 Å². The molecule has 0 amide bonds. The van der Waals surface area contributed by atoms with Crippen molar-refractivity contribution < 1.29 is 0 Å². The third-order valence-electron chi connectivity index (χ3n) is 4.23. The van der Waals surface area contributed by atoms with Crippen molar-refractivity contribution in [2.24, 2.45) is 17.8 Å². The van der Waals surface area contributed by atoms with Crippen molar-refractivity contribution in [1.29, 1.82) is 0 Å². The summed E-state index contributed by atoms with van der Waals surface area (Å²) in [6.45, 7) is 8.61. The third-order valence-corrected chi connectivity index (χ3v) is 4.23. The van der Waals surface area contributed by atoms with E-state index in [0.717, 1.165) is 29.8 Å². The first-order valence-corrected chi connectivity index (χ1v) is 5.73. The molecule has 2 heteroatoms. The number of fused-ring (bicyclic) bond motifs is 3. The molecular weight excluding hydrogens is 160 g/mol. The van der Waals surface area contributed by atoms with Crippen LogP contribution in [0.1, 0.15) is 20.3 Å². The van der Waals surface area contributed by atoms with Crippen LogP contribution in [0.15, 0.2) is 0 Å². The lowest BCUT2D eigenvalue weighted by Gasteiger charge is -2.39. The fourth-order valence-corrected chi connectivity index (χ4v) is 3.19. The quantitative estimate of drug-likeness (QED) is 0.646. The molecule has 2 heterocycles. The van der Waals surface area contributed by atoms with Gasteiger partial charge < -0.3 is 5.32 Å². The number of nitrogens with one attached hydrogen (secondary N) is 1. The van der Waals surface area contributed by atoms with Gasteiger partial charge in [0.1, 0.15) is 0 Å². The molecule has 2 aliphatic heterocycles. The van der Waals surface area contributed by atoms with Gasteiger partial charge in [-0.2, -0.15) is 0 Å². The lowest BCUT2D eigenvalue weighted by Crippen LogP contribution is -2.57. The lowest BCUT2D eigenvalue weighted by atomic mass is 9.99. The number of piperidine rings is 1. The maximum Gasteiger partial charge on any atom is 0.0252 e. The highest BCUT2D eigenvalue weighted by atomic mass is 15.3. The Hall–Kier alpha value is -0.0800. The number of hydrogen-bond donors (Lipinski definition) is 1. The van der Waals surface area contributed by atoms with Gasteiger partial charge in [-0.15, -0.1) is 0 Å². The predicted octanol–water partition coefficient (Wildman–Crippen LogP) is 0.934. The van der Waals surface area contributed by atoms with Gasteiger partial charge in [-0.3, -0.25) is 4.90 Å². The molecule has 0 spiro atoms. The summed E-state index contributed by atoms with van der Waals surface area (Å²) in [5, 5.41) is 3.71. The first-order chi connectivity index (χ1) is 6.25. The van der Waals surface area contributed by atoms with Crippen LogP contribution >= 0.6 is 0 Å². The summed E-state index contributed by atoms with van der Waals surface area (Å²) in [6.07, 6.45) is 1.52. The predicted molar refractivity (Wildman–Crippen MR) is 53.6 cm³/mol. The molecule has 1 saturated carbocycles. The van der Waals surface area contributed by atoms with Gasteiger partial charge >= 0.3 is 0 Å². The van der Waals surface area contributed by atoms with E-state index in [1.165, 1.54) is 26.1 Å². The summed E-state index contributed by atoms with van der Waals surface area (Å²) in [7, 11) is 0. The number of piperazine rings is 1. The lowest BCUT2D eigenvalue weighted by molar-refractivity contribution is 0.130. The maximum absolute atomic E-state index is 3.71. The van der Waals surface area contributed by atoms with Crippen LogP contribution in [0.4, 0.5) is 0 Å². The summed E-state index contributed by atoms with van der Waals surface area (Å²) in [5.74, 6) is 2.94. The van der Waals surface area contributed by atoms with Crippen LogP contribution in [-0.2, 0) is 0 Å². The van der Waals surface area contributed by atoms with E-state index in [1.807, 2.05) is 0 Å². The minimum absolute atomic E-state index is 0.744. The van der Waals surface area contributed by atoms with Crippen molar-refractivity contribution in [3.63, 3.8) is 0 Å². The molecule has 1 aliphatic carbocycles. The van der Waals surface area contributed by atoms with Gasteiger partial charge in [0, 0.05) is 31.7 Å². The zero-order valence-electron chi connectivity index (χ0n) is 8.66. The Morgan fingerprint density at radius 3 is 2.92 bits per heavy atom. The fraction of sp³-hybridized carbons (Fsp3) is 1.00. The molecule has 3 rings (SSSR count). The van der Waals surface area contributed by atoms with Crippen LogP contribution in [0.25, 0.3) is 0 Å². The van der Waals surface area contributed by atoms with E-state index in [-0.39, 0.29) is 0 Å². The molecule has 0 aromatic rings. The van der Waals surface area contributed by atoms with Crippen LogP contribution in [0.3, 0.4) is 0 Å². The second-order valence-electron chi connectivity index (χ2n) is 5.44. The van der Waals surface area contributed by atoms with Crippen LogP contribution < -0.4 is 5.32 Å². The average Bonchev–Trinajstić information content (AvgIpc) is 2.78. The molecule has 0 aromatic heterocycles. The molecule has 0 bridgehead atoms. The first kappa shape index (κ1) is 8.25. The van der Waals surface area contributed by atoms with Crippen molar-refractivity contribution in [1.82, 2.24) is 10.2 Å². The normalized spacial score (nSPS) is 49.2. The molecule has 3 fully saturated rings. The molecule has 2 saturated heterocycles. The smallest absolute Gasteiger partial charge is 0.0252 e. The molecular formula is C11H20N2. The monoisotopic (exact) mass is 180 g/mol. The van der Waals surface area contributed by atoms with E-state index >= 15 is 0 Å². The van der Waals surface area contributed by atoms with E-state index < -0.39 is 0 Å². The van der Waals surface area contributed by atoms with Gasteiger partial charge in [-0.05, 0) is 24.2 Å². The molecule has 3 unspecified atom stereocenters. The Balaban J connectivity index is 1.67. The van der Waals surface area contributed by atoms with E-state index in [0.29, 0.717) is 0 Å². The van der Waals surface area contributed by atoms with E-state index in [1.54, 1.807) is 0 Å².